The molecule has 2 aromatic rings. The van der Waals surface area contributed by atoms with E-state index in [1.807, 2.05) is 0 Å². The summed E-state index contributed by atoms with van der Waals surface area (Å²) in [5.41, 5.74) is 11.0. The zero-order valence-electron chi connectivity index (χ0n) is 14.5. The van der Waals surface area contributed by atoms with Crippen LogP contribution in [0.4, 0.5) is 5.95 Å². The Bertz CT molecular complexity index is 770. The number of nitrogens with two attached hydrogens (primary N) is 1. The highest BCUT2D eigenvalue weighted by Crippen LogP contribution is 2.13. The maximum atomic E-state index is 12.0. The Morgan fingerprint density at radius 1 is 1.12 bits per heavy atom. The second kappa shape index (κ2) is 8.67. The highest BCUT2D eigenvalue weighted by Gasteiger charge is 2.21. The molecular formula is C15H19N7O4. The van der Waals surface area contributed by atoms with Crippen LogP contribution < -0.4 is 26.1 Å². The predicted octanol–water partition coefficient (Wildman–Crippen LogP) is -0.0792. The van der Waals surface area contributed by atoms with E-state index in [-0.39, 0.29) is 23.9 Å². The molecule has 11 heteroatoms. The van der Waals surface area contributed by atoms with Crippen molar-refractivity contribution in [1.82, 2.24) is 25.4 Å². The van der Waals surface area contributed by atoms with Crippen LogP contribution in [0.15, 0.2) is 24.5 Å². The van der Waals surface area contributed by atoms with E-state index in [0.29, 0.717) is 5.56 Å². The van der Waals surface area contributed by atoms with Gasteiger partial charge in [-0.25, -0.2) is 4.79 Å². The molecule has 0 aromatic carbocycles. The summed E-state index contributed by atoms with van der Waals surface area (Å²) in [5.74, 6) is -1.34. The minimum atomic E-state index is -0.833. The van der Waals surface area contributed by atoms with Crippen LogP contribution in [-0.2, 0) is 4.79 Å². The van der Waals surface area contributed by atoms with E-state index in [4.69, 9.17) is 15.2 Å². The predicted molar refractivity (Wildman–Crippen MR) is 90.2 cm³/mol. The molecular weight excluding hydrogens is 342 g/mol. The first-order valence-electron chi connectivity index (χ1n) is 7.64. The van der Waals surface area contributed by atoms with E-state index >= 15 is 0 Å². The second-order valence-corrected chi connectivity index (χ2v) is 5.43. The van der Waals surface area contributed by atoms with Crippen LogP contribution in [0, 0.1) is 5.92 Å². The average molecular weight is 361 g/mol. The topological polar surface area (TPSA) is 154 Å². The second-order valence-electron chi connectivity index (χ2n) is 5.43. The average Bonchev–Trinajstić information content (AvgIpc) is 2.65. The van der Waals surface area contributed by atoms with Crippen molar-refractivity contribution < 1.29 is 19.1 Å². The molecule has 0 aliphatic heterocycles. The number of hydrogen-bond donors (Lipinski definition) is 3. The lowest BCUT2D eigenvalue weighted by atomic mass is 10.1. The van der Waals surface area contributed by atoms with Crippen molar-refractivity contribution in [1.29, 1.82) is 0 Å². The van der Waals surface area contributed by atoms with E-state index in [1.54, 1.807) is 13.8 Å². The van der Waals surface area contributed by atoms with Gasteiger partial charge in [0.15, 0.2) is 0 Å². The zero-order chi connectivity index (χ0) is 19.1. The Kier molecular flexibility index (Phi) is 6.33. The molecule has 0 saturated carbocycles. The van der Waals surface area contributed by atoms with Gasteiger partial charge in [0.25, 0.3) is 11.9 Å². The first-order valence-corrected chi connectivity index (χ1v) is 7.64. The van der Waals surface area contributed by atoms with Crippen molar-refractivity contribution in [3.05, 3.63) is 30.1 Å². The molecule has 1 unspecified atom stereocenters. The van der Waals surface area contributed by atoms with Gasteiger partial charge in [-0.1, -0.05) is 13.8 Å². The summed E-state index contributed by atoms with van der Waals surface area (Å²) >= 11 is 0. The van der Waals surface area contributed by atoms with Gasteiger partial charge in [-0.15, -0.1) is 4.98 Å². The number of pyridine rings is 1. The number of esters is 1. The van der Waals surface area contributed by atoms with Crippen LogP contribution in [0.1, 0.15) is 24.2 Å². The first kappa shape index (κ1) is 19.0. The van der Waals surface area contributed by atoms with Crippen LogP contribution in [0.25, 0.3) is 0 Å². The maximum absolute atomic E-state index is 12.0. The van der Waals surface area contributed by atoms with Crippen molar-refractivity contribution in [3.63, 3.8) is 0 Å². The van der Waals surface area contributed by atoms with Crippen LogP contribution in [-0.4, -0.2) is 45.0 Å². The number of nitrogens with zero attached hydrogens (tertiary/aromatic N) is 4. The fourth-order valence-electron chi connectivity index (χ4n) is 1.65. The van der Waals surface area contributed by atoms with Crippen LogP contribution >= 0.6 is 0 Å². The Labute approximate surface area is 149 Å². The number of aromatic nitrogens is 4. The lowest BCUT2D eigenvalue weighted by Crippen LogP contribution is -2.39. The molecule has 0 bridgehead atoms. The molecule has 0 radical (unpaired) electrons. The molecule has 0 aliphatic carbocycles. The summed E-state index contributed by atoms with van der Waals surface area (Å²) in [6, 6.07) is 1.82. The molecule has 0 fully saturated rings. The van der Waals surface area contributed by atoms with Crippen LogP contribution in [0.5, 0.6) is 12.0 Å². The minimum Gasteiger partial charge on any atom is -0.467 e. The number of anilines is 1. The Hall–Kier alpha value is -3.34. The molecule has 1 amide bonds. The van der Waals surface area contributed by atoms with E-state index in [9.17, 15) is 9.59 Å². The molecule has 26 heavy (non-hydrogen) atoms. The fourth-order valence-corrected chi connectivity index (χ4v) is 1.65. The Morgan fingerprint density at radius 2 is 1.77 bits per heavy atom. The van der Waals surface area contributed by atoms with Crippen molar-refractivity contribution in [2.45, 2.75) is 19.9 Å². The maximum Gasteiger partial charge on any atom is 0.332 e. The molecule has 2 rings (SSSR count). The van der Waals surface area contributed by atoms with Crippen molar-refractivity contribution in [2.24, 2.45) is 11.7 Å². The third-order valence-electron chi connectivity index (χ3n) is 3.19. The highest BCUT2D eigenvalue weighted by atomic mass is 16.6. The number of rotatable bonds is 7. The first-order chi connectivity index (χ1) is 12.4. The minimum absolute atomic E-state index is 0.0832. The third-order valence-corrected chi connectivity index (χ3v) is 3.19. The SMILES string of the molecule is COc1nc(NNC(=O)c2ccncc2)nc(OC(=O)C(N)C(C)C)n1. The molecule has 0 saturated heterocycles. The number of methoxy groups -OCH3 is 1. The molecule has 0 aliphatic rings. The molecule has 1 atom stereocenters. The van der Waals surface area contributed by atoms with Gasteiger partial charge in [-0.2, -0.15) is 9.97 Å². The number of carbonyl (C=O) groups is 2. The summed E-state index contributed by atoms with van der Waals surface area (Å²) in [6.45, 7) is 3.56. The summed E-state index contributed by atoms with van der Waals surface area (Å²) in [5, 5.41) is 0. The van der Waals surface area contributed by atoms with Crippen molar-refractivity contribution >= 4 is 17.8 Å². The summed E-state index contributed by atoms with van der Waals surface area (Å²) < 4.78 is 9.98. The molecule has 138 valence electrons. The summed E-state index contributed by atoms with van der Waals surface area (Å²) in [7, 11) is 1.33. The summed E-state index contributed by atoms with van der Waals surface area (Å²) in [4.78, 5) is 39.4. The van der Waals surface area contributed by atoms with E-state index in [0.717, 1.165) is 0 Å². The third kappa shape index (κ3) is 5.08. The molecule has 4 N–H and O–H groups in total. The van der Waals surface area contributed by atoms with E-state index in [2.05, 4.69) is 30.8 Å². The van der Waals surface area contributed by atoms with Gasteiger partial charge in [0.05, 0.1) is 7.11 Å². The lowest BCUT2D eigenvalue weighted by Gasteiger charge is -2.14. The van der Waals surface area contributed by atoms with Gasteiger partial charge in [0, 0.05) is 18.0 Å². The number of carbonyl (C=O) groups excluding carboxylic acids is 2. The number of nitrogens with one attached hydrogen (secondary N) is 2. The number of ether oxygens (including phenoxy) is 2. The smallest absolute Gasteiger partial charge is 0.332 e. The van der Waals surface area contributed by atoms with Gasteiger partial charge in [-0.3, -0.25) is 20.6 Å². The largest absolute Gasteiger partial charge is 0.467 e. The monoisotopic (exact) mass is 361 g/mol. The van der Waals surface area contributed by atoms with Crippen LogP contribution in [0.3, 0.4) is 0 Å². The molecule has 2 heterocycles. The lowest BCUT2D eigenvalue weighted by molar-refractivity contribution is -0.137. The van der Waals surface area contributed by atoms with Gasteiger partial charge >= 0.3 is 18.0 Å². The fraction of sp³-hybridized carbons (Fsp3) is 0.333. The number of hydrogen-bond acceptors (Lipinski definition) is 10. The van der Waals surface area contributed by atoms with E-state index < -0.39 is 17.9 Å². The van der Waals surface area contributed by atoms with Crippen molar-refractivity contribution in [2.75, 3.05) is 12.5 Å². The standard InChI is InChI=1S/C15H19N7O4/c1-8(2)10(16)12(24)26-15-19-13(18-14(20-15)25-3)22-21-11(23)9-4-6-17-7-5-9/h4-8,10H,16H2,1-3H3,(H,21,23)(H,18,19,20,22). The number of amides is 1. The zero-order valence-corrected chi connectivity index (χ0v) is 14.5. The van der Waals surface area contributed by atoms with Gasteiger partial charge in [0.1, 0.15) is 6.04 Å². The molecule has 11 nitrogen and oxygen atoms in total. The molecule has 0 spiro atoms. The van der Waals surface area contributed by atoms with Gasteiger partial charge in [-0.05, 0) is 18.1 Å². The van der Waals surface area contributed by atoms with Gasteiger partial charge in [0.2, 0.25) is 0 Å². The van der Waals surface area contributed by atoms with E-state index in [1.165, 1.54) is 31.6 Å². The summed E-state index contributed by atoms with van der Waals surface area (Å²) in [6.07, 6.45) is 2.97. The Balaban J connectivity index is 2.09. The van der Waals surface area contributed by atoms with Crippen LogP contribution in [0.2, 0.25) is 0 Å². The van der Waals surface area contributed by atoms with Gasteiger partial charge < -0.3 is 15.2 Å². The quantitative estimate of drug-likeness (QED) is 0.450. The number of hydrazine groups is 1. The van der Waals surface area contributed by atoms with Crippen molar-refractivity contribution in [3.8, 4) is 12.0 Å². The normalized spacial score (nSPS) is 11.6. The Morgan fingerprint density at radius 3 is 2.38 bits per heavy atom. The molecule has 2 aromatic heterocycles. The highest BCUT2D eigenvalue weighted by molar-refractivity contribution is 5.94.